The number of nitro groups is 1. The van der Waals surface area contributed by atoms with E-state index in [9.17, 15) is 10.1 Å². The van der Waals surface area contributed by atoms with Crippen LogP contribution in [0.5, 0.6) is 0 Å². The van der Waals surface area contributed by atoms with Gasteiger partial charge in [-0.2, -0.15) is 0 Å². The Bertz CT molecular complexity index is 418. The molecule has 4 nitrogen and oxygen atoms in total. The maximum Gasteiger partial charge on any atom is 0.273 e. The van der Waals surface area contributed by atoms with E-state index >= 15 is 0 Å². The second-order valence-electron chi connectivity index (χ2n) is 4.05. The molecule has 0 heterocycles. The summed E-state index contributed by atoms with van der Waals surface area (Å²) in [6.45, 7) is 0. The molecule has 2 rings (SSSR count). The Morgan fingerprint density at radius 3 is 2.75 bits per heavy atom. The maximum absolute atomic E-state index is 10.8. The number of rotatable bonds is 4. The van der Waals surface area contributed by atoms with E-state index in [1.165, 1.54) is 12.8 Å². The number of alkyl halides is 1. The molecule has 0 aromatic heterocycles. The second kappa shape index (κ2) is 4.41. The van der Waals surface area contributed by atoms with Crippen LogP contribution in [0.4, 0.5) is 11.4 Å². The number of nitro benzene ring substituents is 1. The fourth-order valence-electron chi connectivity index (χ4n) is 1.75. The van der Waals surface area contributed by atoms with Gasteiger partial charge in [-0.1, -0.05) is 15.9 Å². The average molecular weight is 285 g/mol. The van der Waals surface area contributed by atoms with E-state index in [-0.39, 0.29) is 10.6 Å². The van der Waals surface area contributed by atoms with Crippen LogP contribution in [0.25, 0.3) is 0 Å². The number of benzene rings is 1. The SMILES string of the molecule is CN(c1ccc([N+](=O)[O-])c(CBr)c1)C1CC1. The first kappa shape index (κ1) is 11.4. The van der Waals surface area contributed by atoms with Gasteiger partial charge in [0.05, 0.1) is 4.92 Å². The highest BCUT2D eigenvalue weighted by Gasteiger charge is 2.27. The Hall–Kier alpha value is -1.10. The number of hydrogen-bond acceptors (Lipinski definition) is 3. The minimum atomic E-state index is -0.336. The van der Waals surface area contributed by atoms with Gasteiger partial charge in [-0.15, -0.1) is 0 Å². The fourth-order valence-corrected chi connectivity index (χ4v) is 2.20. The standard InChI is InChI=1S/C11H13BrN2O2/c1-13(9-2-3-9)10-4-5-11(14(15)16)8(6-10)7-12/h4-6,9H,2-3,7H2,1H3. The summed E-state index contributed by atoms with van der Waals surface area (Å²) in [5, 5.41) is 11.3. The topological polar surface area (TPSA) is 46.4 Å². The smallest absolute Gasteiger partial charge is 0.273 e. The Labute approximate surface area is 103 Å². The quantitative estimate of drug-likeness (QED) is 0.485. The van der Waals surface area contributed by atoms with Crippen LogP contribution in [-0.4, -0.2) is 18.0 Å². The predicted octanol–water partition coefficient (Wildman–Crippen LogP) is 3.09. The molecule has 1 aliphatic carbocycles. The zero-order chi connectivity index (χ0) is 11.7. The Balaban J connectivity index is 2.31. The molecular weight excluding hydrogens is 272 g/mol. The summed E-state index contributed by atoms with van der Waals surface area (Å²) in [5.74, 6) is 0. The van der Waals surface area contributed by atoms with Crippen molar-refractivity contribution in [3.8, 4) is 0 Å². The van der Waals surface area contributed by atoms with Crippen molar-refractivity contribution < 1.29 is 4.92 Å². The largest absolute Gasteiger partial charge is 0.372 e. The highest BCUT2D eigenvalue weighted by molar-refractivity contribution is 9.08. The number of nitrogens with zero attached hydrogens (tertiary/aromatic N) is 2. The molecule has 0 bridgehead atoms. The summed E-state index contributed by atoms with van der Waals surface area (Å²) in [6.07, 6.45) is 2.44. The maximum atomic E-state index is 10.8. The van der Waals surface area contributed by atoms with Crippen LogP contribution in [0.3, 0.4) is 0 Å². The number of hydrogen-bond donors (Lipinski definition) is 0. The van der Waals surface area contributed by atoms with Crippen molar-refractivity contribution in [3.63, 3.8) is 0 Å². The summed E-state index contributed by atoms with van der Waals surface area (Å²) >= 11 is 3.29. The third-order valence-electron chi connectivity index (χ3n) is 2.91. The highest BCUT2D eigenvalue weighted by Crippen LogP contribution is 2.33. The lowest BCUT2D eigenvalue weighted by Crippen LogP contribution is -2.19. The van der Waals surface area contributed by atoms with Crippen LogP contribution < -0.4 is 4.90 Å². The first-order chi connectivity index (χ1) is 7.63. The molecule has 1 aromatic carbocycles. The van der Waals surface area contributed by atoms with Gasteiger partial charge in [0, 0.05) is 35.7 Å². The molecule has 5 heteroatoms. The highest BCUT2D eigenvalue weighted by atomic mass is 79.9. The van der Waals surface area contributed by atoms with Gasteiger partial charge in [0.25, 0.3) is 5.69 Å². The van der Waals surface area contributed by atoms with Crippen LogP contribution >= 0.6 is 15.9 Å². The zero-order valence-electron chi connectivity index (χ0n) is 9.02. The normalized spacial score (nSPS) is 14.9. The molecule has 0 radical (unpaired) electrons. The lowest BCUT2D eigenvalue weighted by atomic mass is 10.1. The first-order valence-corrected chi connectivity index (χ1v) is 6.31. The zero-order valence-corrected chi connectivity index (χ0v) is 10.6. The fraction of sp³-hybridized carbons (Fsp3) is 0.455. The van der Waals surface area contributed by atoms with E-state index in [0.717, 1.165) is 11.3 Å². The third-order valence-corrected chi connectivity index (χ3v) is 3.51. The lowest BCUT2D eigenvalue weighted by molar-refractivity contribution is -0.385. The molecule has 0 atom stereocenters. The van der Waals surface area contributed by atoms with E-state index in [1.807, 2.05) is 19.2 Å². The summed E-state index contributed by atoms with van der Waals surface area (Å²) < 4.78 is 0. The van der Waals surface area contributed by atoms with Crippen LogP contribution in [0.1, 0.15) is 18.4 Å². The van der Waals surface area contributed by atoms with Crippen LogP contribution in [0.15, 0.2) is 18.2 Å². The number of halogens is 1. The van der Waals surface area contributed by atoms with E-state index < -0.39 is 0 Å². The minimum absolute atomic E-state index is 0.185. The van der Waals surface area contributed by atoms with Gasteiger partial charge < -0.3 is 4.90 Å². The van der Waals surface area contributed by atoms with Crippen molar-refractivity contribution in [1.82, 2.24) is 0 Å². The molecule has 0 N–H and O–H groups in total. The Morgan fingerprint density at radius 1 is 1.56 bits per heavy atom. The van der Waals surface area contributed by atoms with E-state index in [0.29, 0.717) is 11.4 Å². The van der Waals surface area contributed by atoms with Crippen molar-refractivity contribution in [1.29, 1.82) is 0 Å². The lowest BCUT2D eigenvalue weighted by Gasteiger charge is -2.19. The molecule has 0 amide bonds. The Kier molecular flexibility index (Phi) is 3.14. The third kappa shape index (κ3) is 2.19. The van der Waals surface area contributed by atoms with Crippen molar-refractivity contribution in [2.45, 2.75) is 24.2 Å². The predicted molar refractivity (Wildman–Crippen MR) is 67.2 cm³/mol. The Morgan fingerprint density at radius 2 is 2.25 bits per heavy atom. The van der Waals surface area contributed by atoms with E-state index in [4.69, 9.17) is 0 Å². The molecule has 0 unspecified atom stereocenters. The van der Waals surface area contributed by atoms with Gasteiger partial charge >= 0.3 is 0 Å². The minimum Gasteiger partial charge on any atom is -0.372 e. The first-order valence-electron chi connectivity index (χ1n) is 5.19. The summed E-state index contributed by atoms with van der Waals surface area (Å²) in [6, 6.07) is 5.92. The van der Waals surface area contributed by atoms with E-state index in [1.54, 1.807) is 6.07 Å². The molecule has 1 saturated carbocycles. The van der Waals surface area contributed by atoms with Crippen molar-refractivity contribution in [2.75, 3.05) is 11.9 Å². The van der Waals surface area contributed by atoms with Crippen LogP contribution in [0, 0.1) is 10.1 Å². The molecule has 0 saturated heterocycles. The number of anilines is 1. The summed E-state index contributed by atoms with van der Waals surface area (Å²) in [4.78, 5) is 12.6. The summed E-state index contributed by atoms with van der Waals surface area (Å²) in [5.41, 5.74) is 1.97. The van der Waals surface area contributed by atoms with Crippen molar-refractivity contribution in [2.24, 2.45) is 0 Å². The second-order valence-corrected chi connectivity index (χ2v) is 4.61. The van der Waals surface area contributed by atoms with Gasteiger partial charge in [-0.3, -0.25) is 10.1 Å². The van der Waals surface area contributed by atoms with Crippen LogP contribution in [0.2, 0.25) is 0 Å². The average Bonchev–Trinajstić information content (AvgIpc) is 3.10. The molecule has 16 heavy (non-hydrogen) atoms. The van der Waals surface area contributed by atoms with Crippen molar-refractivity contribution in [3.05, 3.63) is 33.9 Å². The van der Waals surface area contributed by atoms with Gasteiger partial charge in [0.1, 0.15) is 0 Å². The molecule has 1 fully saturated rings. The van der Waals surface area contributed by atoms with Gasteiger partial charge in [0.15, 0.2) is 0 Å². The van der Waals surface area contributed by atoms with Crippen LogP contribution in [-0.2, 0) is 5.33 Å². The molecular formula is C11H13BrN2O2. The monoisotopic (exact) mass is 284 g/mol. The molecule has 1 aliphatic rings. The molecule has 0 aliphatic heterocycles. The van der Waals surface area contributed by atoms with E-state index in [2.05, 4.69) is 20.8 Å². The van der Waals surface area contributed by atoms with Gasteiger partial charge in [-0.25, -0.2) is 0 Å². The molecule has 1 aromatic rings. The van der Waals surface area contributed by atoms with Crippen molar-refractivity contribution >= 4 is 27.3 Å². The summed E-state index contributed by atoms with van der Waals surface area (Å²) in [7, 11) is 2.04. The van der Waals surface area contributed by atoms with Gasteiger partial charge in [0.2, 0.25) is 0 Å². The molecule has 0 spiro atoms. The van der Waals surface area contributed by atoms with Gasteiger partial charge in [-0.05, 0) is 25.0 Å². The molecule has 86 valence electrons.